The van der Waals surface area contributed by atoms with Gasteiger partial charge in [0.15, 0.2) is 23.0 Å². The van der Waals surface area contributed by atoms with Crippen LogP contribution < -0.4 is 34.7 Å². The number of nitrogen functional groups attached to an aromatic ring is 1. The highest BCUT2D eigenvalue weighted by Crippen LogP contribution is 2.39. The first-order valence-electron chi connectivity index (χ1n) is 11.1. The normalized spacial score (nSPS) is 10.9. The molecule has 37 heavy (non-hydrogen) atoms. The van der Waals surface area contributed by atoms with Gasteiger partial charge in [-0.25, -0.2) is 0 Å². The maximum Gasteiger partial charge on any atom is 0.248 e. The summed E-state index contributed by atoms with van der Waals surface area (Å²) in [6.45, 7) is 0. The minimum Gasteiger partial charge on any atom is -0.504 e. The number of anilines is 2. The van der Waals surface area contributed by atoms with Crippen LogP contribution in [0.3, 0.4) is 0 Å². The Balaban J connectivity index is 1.86. The smallest absolute Gasteiger partial charge is 0.248 e. The topological polar surface area (TPSA) is 122 Å². The van der Waals surface area contributed by atoms with Crippen molar-refractivity contribution in [1.29, 1.82) is 0 Å². The van der Waals surface area contributed by atoms with Crippen molar-refractivity contribution in [1.82, 2.24) is 0 Å². The molecule has 3 rings (SSSR count). The summed E-state index contributed by atoms with van der Waals surface area (Å²) >= 11 is 0. The molecular weight excluding hydrogens is 476 g/mol. The van der Waals surface area contributed by atoms with Gasteiger partial charge in [-0.2, -0.15) is 0 Å². The molecule has 0 spiro atoms. The van der Waals surface area contributed by atoms with Crippen LogP contribution in [0, 0.1) is 0 Å². The van der Waals surface area contributed by atoms with Crippen LogP contribution in [0.25, 0.3) is 18.2 Å². The van der Waals surface area contributed by atoms with E-state index in [1.807, 2.05) is 6.08 Å². The fourth-order valence-electron chi connectivity index (χ4n) is 3.61. The van der Waals surface area contributed by atoms with Crippen LogP contribution in [-0.4, -0.2) is 46.6 Å². The van der Waals surface area contributed by atoms with Crippen LogP contribution in [0.5, 0.6) is 34.5 Å². The third-order valence-corrected chi connectivity index (χ3v) is 5.39. The predicted octanol–water partition coefficient (Wildman–Crippen LogP) is 4.84. The first kappa shape index (κ1) is 26.8. The molecule has 1 amide bonds. The van der Waals surface area contributed by atoms with Gasteiger partial charge in [0.05, 0.1) is 46.9 Å². The Morgan fingerprint density at radius 2 is 1.30 bits per heavy atom. The molecule has 0 aliphatic rings. The Morgan fingerprint density at radius 1 is 0.730 bits per heavy atom. The first-order chi connectivity index (χ1) is 17.8. The van der Waals surface area contributed by atoms with E-state index in [1.165, 1.54) is 33.5 Å². The van der Waals surface area contributed by atoms with Gasteiger partial charge in [-0.05, 0) is 59.2 Å². The van der Waals surface area contributed by atoms with Gasteiger partial charge in [0, 0.05) is 6.08 Å². The van der Waals surface area contributed by atoms with Crippen molar-refractivity contribution < 1.29 is 33.6 Å². The monoisotopic (exact) mass is 506 g/mol. The third kappa shape index (κ3) is 6.46. The lowest BCUT2D eigenvalue weighted by Gasteiger charge is -2.13. The van der Waals surface area contributed by atoms with E-state index in [0.717, 1.165) is 11.1 Å². The standard InChI is InChI=1S/C28H30N2O7/c1-33-23-14-17(8-10-20(23)29)9-11-26(32)30-21-12-18(13-22(31)27(21)36-4)6-7-19-15-24(34-2)28(37-5)25(16-19)35-3/h6-16,31H,29H2,1-5H3,(H,30,32)/b7-6?,11-9+. The van der Waals surface area contributed by atoms with Crippen LogP contribution in [0.15, 0.2) is 48.5 Å². The molecule has 0 heterocycles. The van der Waals surface area contributed by atoms with Gasteiger partial charge in [0.25, 0.3) is 0 Å². The molecule has 0 aliphatic heterocycles. The second-order valence-electron chi connectivity index (χ2n) is 7.74. The van der Waals surface area contributed by atoms with Crippen LogP contribution >= 0.6 is 0 Å². The van der Waals surface area contributed by atoms with E-state index in [0.29, 0.717) is 39.9 Å². The number of hydrogen-bond acceptors (Lipinski definition) is 8. The van der Waals surface area contributed by atoms with Crippen LogP contribution in [0.4, 0.5) is 11.4 Å². The quantitative estimate of drug-likeness (QED) is 0.203. The van der Waals surface area contributed by atoms with Crippen molar-refractivity contribution in [2.75, 3.05) is 46.6 Å². The molecule has 0 aromatic heterocycles. The van der Waals surface area contributed by atoms with Crippen molar-refractivity contribution in [3.63, 3.8) is 0 Å². The van der Waals surface area contributed by atoms with Gasteiger partial charge in [0.1, 0.15) is 5.75 Å². The summed E-state index contributed by atoms with van der Waals surface area (Å²) in [5.41, 5.74) is 8.77. The summed E-state index contributed by atoms with van der Waals surface area (Å²) in [4.78, 5) is 12.6. The third-order valence-electron chi connectivity index (χ3n) is 5.39. The van der Waals surface area contributed by atoms with Crippen molar-refractivity contribution in [3.05, 3.63) is 65.2 Å². The summed E-state index contributed by atoms with van der Waals surface area (Å²) in [7, 11) is 7.55. The lowest BCUT2D eigenvalue weighted by molar-refractivity contribution is -0.111. The molecule has 0 aliphatic carbocycles. The second-order valence-corrected chi connectivity index (χ2v) is 7.74. The Labute approximate surface area is 215 Å². The molecule has 0 unspecified atom stereocenters. The summed E-state index contributed by atoms with van der Waals surface area (Å²) in [5, 5.41) is 13.2. The number of methoxy groups -OCH3 is 5. The van der Waals surface area contributed by atoms with Gasteiger partial charge >= 0.3 is 0 Å². The van der Waals surface area contributed by atoms with Gasteiger partial charge in [-0.15, -0.1) is 0 Å². The van der Waals surface area contributed by atoms with E-state index in [1.54, 1.807) is 62.8 Å². The van der Waals surface area contributed by atoms with E-state index < -0.39 is 5.91 Å². The molecule has 0 radical (unpaired) electrons. The Bertz CT molecular complexity index is 1310. The Morgan fingerprint density at radius 3 is 1.86 bits per heavy atom. The molecule has 0 bridgehead atoms. The van der Waals surface area contributed by atoms with Crippen molar-refractivity contribution in [2.45, 2.75) is 0 Å². The molecule has 9 heteroatoms. The summed E-state index contributed by atoms with van der Waals surface area (Å²) in [5.74, 6) is 1.62. The van der Waals surface area contributed by atoms with E-state index in [-0.39, 0.29) is 11.5 Å². The van der Waals surface area contributed by atoms with Crippen LogP contribution in [-0.2, 0) is 4.79 Å². The van der Waals surface area contributed by atoms with E-state index in [9.17, 15) is 9.90 Å². The summed E-state index contributed by atoms with van der Waals surface area (Å²) < 4.78 is 26.6. The number of aromatic hydroxyl groups is 1. The average molecular weight is 507 g/mol. The largest absolute Gasteiger partial charge is 0.504 e. The average Bonchev–Trinajstić information content (AvgIpc) is 2.90. The highest BCUT2D eigenvalue weighted by atomic mass is 16.5. The first-order valence-corrected chi connectivity index (χ1v) is 11.1. The number of carbonyl (C=O) groups excluding carboxylic acids is 1. The number of ether oxygens (including phenoxy) is 5. The van der Waals surface area contributed by atoms with Gasteiger partial charge in [-0.1, -0.05) is 18.2 Å². The van der Waals surface area contributed by atoms with Crippen molar-refractivity contribution >= 4 is 35.5 Å². The second kappa shape index (κ2) is 12.3. The van der Waals surface area contributed by atoms with E-state index in [2.05, 4.69) is 5.32 Å². The molecule has 0 atom stereocenters. The molecule has 9 nitrogen and oxygen atoms in total. The van der Waals surface area contributed by atoms with Crippen LogP contribution in [0.1, 0.15) is 16.7 Å². The predicted molar refractivity (Wildman–Crippen MR) is 145 cm³/mol. The van der Waals surface area contributed by atoms with Gasteiger partial charge < -0.3 is 39.8 Å². The molecule has 0 saturated carbocycles. The maximum atomic E-state index is 12.6. The molecule has 0 fully saturated rings. The number of phenols is 1. The van der Waals surface area contributed by atoms with E-state index in [4.69, 9.17) is 29.4 Å². The molecule has 0 saturated heterocycles. The summed E-state index contributed by atoms with van der Waals surface area (Å²) in [6, 6.07) is 12.0. The highest BCUT2D eigenvalue weighted by Gasteiger charge is 2.14. The molecule has 194 valence electrons. The van der Waals surface area contributed by atoms with E-state index >= 15 is 0 Å². The summed E-state index contributed by atoms with van der Waals surface area (Å²) in [6.07, 6.45) is 6.56. The van der Waals surface area contributed by atoms with Gasteiger partial charge in [-0.3, -0.25) is 4.79 Å². The zero-order chi connectivity index (χ0) is 26.9. The number of benzene rings is 3. The van der Waals surface area contributed by atoms with Crippen molar-refractivity contribution in [3.8, 4) is 34.5 Å². The van der Waals surface area contributed by atoms with Crippen LogP contribution in [0.2, 0.25) is 0 Å². The zero-order valence-electron chi connectivity index (χ0n) is 21.3. The molecule has 4 N–H and O–H groups in total. The SMILES string of the molecule is COc1cc(/C=C/C(=O)Nc2cc(C=Cc3cc(OC)c(OC)c(OC)c3)cc(O)c2OC)ccc1N. The minimum atomic E-state index is -0.417. The fraction of sp³-hybridized carbons (Fsp3) is 0.179. The Kier molecular flexibility index (Phi) is 8.88. The number of hydrogen-bond donors (Lipinski definition) is 3. The zero-order valence-corrected chi connectivity index (χ0v) is 21.3. The number of phenolic OH excluding ortho intramolecular Hbond substituents is 1. The number of nitrogens with one attached hydrogen (secondary N) is 1. The lowest BCUT2D eigenvalue weighted by atomic mass is 10.1. The Hall–Kier alpha value is -4.79. The fourth-order valence-corrected chi connectivity index (χ4v) is 3.61. The highest BCUT2D eigenvalue weighted by molar-refractivity contribution is 6.03. The van der Waals surface area contributed by atoms with Crippen molar-refractivity contribution in [2.24, 2.45) is 0 Å². The van der Waals surface area contributed by atoms with Gasteiger partial charge in [0.2, 0.25) is 11.7 Å². The molecule has 3 aromatic rings. The number of amides is 1. The molecule has 3 aromatic carbocycles. The number of carbonyl (C=O) groups is 1. The minimum absolute atomic E-state index is 0.128. The molecular formula is C28H30N2O7. The number of nitrogens with two attached hydrogens (primary N) is 1. The lowest BCUT2D eigenvalue weighted by Crippen LogP contribution is -2.09. The maximum absolute atomic E-state index is 12.6. The number of rotatable bonds is 10.